The van der Waals surface area contributed by atoms with Crippen molar-refractivity contribution in [3.63, 3.8) is 0 Å². The van der Waals surface area contributed by atoms with Gasteiger partial charge in [-0.25, -0.2) is 13.2 Å². The van der Waals surface area contributed by atoms with Crippen LogP contribution in [0.1, 0.15) is 10.4 Å². The zero-order chi connectivity index (χ0) is 15.6. The van der Waals surface area contributed by atoms with Gasteiger partial charge in [0.15, 0.2) is 0 Å². The highest BCUT2D eigenvalue weighted by atomic mass is 35.5. The average molecular weight is 326 g/mol. The lowest BCUT2D eigenvalue weighted by molar-refractivity contribution is 0.0697. The number of aromatic carboxylic acids is 1. The molecule has 0 unspecified atom stereocenters. The largest absolute Gasteiger partial charge is 0.478 e. The number of rotatable bonds is 4. The minimum absolute atomic E-state index is 0.0526. The molecule has 0 aliphatic heterocycles. The maximum atomic E-state index is 12.4. The molecular formula is C14H12ClNO4S. The highest BCUT2D eigenvalue weighted by molar-refractivity contribution is 7.92. The smallest absolute Gasteiger partial charge is 0.337 e. The third kappa shape index (κ3) is 3.01. The number of nitrogens with zero attached hydrogens (tertiary/aromatic N) is 1. The third-order valence-electron chi connectivity index (χ3n) is 2.95. The first-order valence-corrected chi connectivity index (χ1v) is 7.72. The molecule has 0 fully saturated rings. The van der Waals surface area contributed by atoms with E-state index in [-0.39, 0.29) is 21.2 Å². The van der Waals surface area contributed by atoms with Crippen molar-refractivity contribution in [2.75, 3.05) is 11.4 Å². The van der Waals surface area contributed by atoms with Crippen LogP contribution in [0.25, 0.3) is 0 Å². The van der Waals surface area contributed by atoms with E-state index in [1.165, 1.54) is 37.4 Å². The molecule has 0 saturated carbocycles. The van der Waals surface area contributed by atoms with E-state index >= 15 is 0 Å². The zero-order valence-corrected chi connectivity index (χ0v) is 12.6. The maximum Gasteiger partial charge on any atom is 0.337 e. The molecule has 0 aliphatic rings. The topological polar surface area (TPSA) is 74.7 Å². The lowest BCUT2D eigenvalue weighted by atomic mass is 10.2. The van der Waals surface area contributed by atoms with Crippen molar-refractivity contribution in [1.82, 2.24) is 0 Å². The summed E-state index contributed by atoms with van der Waals surface area (Å²) in [5, 5.41) is 9.09. The number of carboxylic acids is 1. The second-order valence-electron chi connectivity index (χ2n) is 4.25. The summed E-state index contributed by atoms with van der Waals surface area (Å²) in [5.74, 6) is -1.22. The van der Waals surface area contributed by atoms with Crippen LogP contribution in [0.2, 0.25) is 5.02 Å². The molecule has 5 nitrogen and oxygen atoms in total. The first kappa shape index (κ1) is 15.3. The number of benzene rings is 2. The Hall–Kier alpha value is -2.05. The molecule has 21 heavy (non-hydrogen) atoms. The van der Waals surface area contributed by atoms with E-state index in [2.05, 4.69) is 0 Å². The van der Waals surface area contributed by atoms with Crippen molar-refractivity contribution < 1.29 is 18.3 Å². The fourth-order valence-electron chi connectivity index (χ4n) is 1.76. The number of carboxylic acid groups (broad SMARTS) is 1. The van der Waals surface area contributed by atoms with Crippen LogP contribution in [-0.4, -0.2) is 26.5 Å². The lowest BCUT2D eigenvalue weighted by Crippen LogP contribution is -2.26. The van der Waals surface area contributed by atoms with Crippen LogP contribution < -0.4 is 4.31 Å². The van der Waals surface area contributed by atoms with Gasteiger partial charge in [0.25, 0.3) is 10.0 Å². The van der Waals surface area contributed by atoms with Gasteiger partial charge in [0.1, 0.15) is 0 Å². The summed E-state index contributed by atoms with van der Waals surface area (Å²) < 4.78 is 25.9. The fraction of sp³-hybridized carbons (Fsp3) is 0.0714. The molecule has 0 aliphatic carbocycles. The molecule has 0 spiro atoms. The summed E-state index contributed by atoms with van der Waals surface area (Å²) in [7, 11) is -2.39. The van der Waals surface area contributed by atoms with Crippen molar-refractivity contribution in [1.29, 1.82) is 0 Å². The first-order chi connectivity index (χ1) is 9.84. The van der Waals surface area contributed by atoms with Gasteiger partial charge in [0.05, 0.1) is 21.2 Å². The van der Waals surface area contributed by atoms with Gasteiger partial charge in [-0.2, -0.15) is 0 Å². The van der Waals surface area contributed by atoms with Crippen molar-refractivity contribution in [3.8, 4) is 0 Å². The van der Waals surface area contributed by atoms with Crippen LogP contribution in [0.4, 0.5) is 5.69 Å². The Kier molecular flexibility index (Phi) is 4.20. The Labute approximate surface area is 127 Å². The molecule has 2 aromatic carbocycles. The molecule has 2 rings (SSSR count). The monoisotopic (exact) mass is 325 g/mol. The quantitative estimate of drug-likeness (QED) is 0.938. The van der Waals surface area contributed by atoms with Crippen molar-refractivity contribution >= 4 is 33.3 Å². The normalized spacial score (nSPS) is 11.1. The van der Waals surface area contributed by atoms with E-state index < -0.39 is 16.0 Å². The number of anilines is 1. The molecule has 2 aromatic rings. The van der Waals surface area contributed by atoms with E-state index in [1.54, 1.807) is 18.2 Å². The number of halogens is 1. The van der Waals surface area contributed by atoms with E-state index in [0.717, 1.165) is 4.31 Å². The molecule has 0 aromatic heterocycles. The second kappa shape index (κ2) is 5.75. The van der Waals surface area contributed by atoms with Gasteiger partial charge in [-0.15, -0.1) is 0 Å². The molecule has 0 atom stereocenters. The molecule has 1 N–H and O–H groups in total. The summed E-state index contributed by atoms with van der Waals surface area (Å²) in [6, 6.07) is 11.9. The summed E-state index contributed by atoms with van der Waals surface area (Å²) in [4.78, 5) is 11.2. The number of carbonyl (C=O) groups is 1. The van der Waals surface area contributed by atoms with Gasteiger partial charge < -0.3 is 5.11 Å². The predicted octanol–water partition coefficient (Wildman–Crippen LogP) is 2.86. The van der Waals surface area contributed by atoms with Crippen LogP contribution in [0.3, 0.4) is 0 Å². The Balaban J connectivity index is 2.48. The molecule has 0 radical (unpaired) electrons. The standard InChI is InChI=1S/C14H12ClNO4S/c1-16(21(19,20)11-5-3-2-4-6-11)10-7-8-13(15)12(9-10)14(17)18/h2-9H,1H3,(H,17,18). The Bertz CT molecular complexity index is 775. The van der Waals surface area contributed by atoms with Gasteiger partial charge in [0, 0.05) is 7.05 Å². The predicted molar refractivity (Wildman–Crippen MR) is 80.4 cm³/mol. The van der Waals surface area contributed by atoms with Gasteiger partial charge in [-0.05, 0) is 30.3 Å². The Morgan fingerprint density at radius 1 is 1.14 bits per heavy atom. The Morgan fingerprint density at radius 3 is 2.33 bits per heavy atom. The van der Waals surface area contributed by atoms with Crippen LogP contribution >= 0.6 is 11.6 Å². The third-order valence-corrected chi connectivity index (χ3v) is 5.07. The van der Waals surface area contributed by atoms with Gasteiger partial charge in [-0.3, -0.25) is 4.31 Å². The minimum atomic E-state index is -3.75. The molecule has 0 heterocycles. The first-order valence-electron chi connectivity index (χ1n) is 5.91. The highest BCUT2D eigenvalue weighted by Gasteiger charge is 2.22. The van der Waals surface area contributed by atoms with Crippen LogP contribution in [-0.2, 0) is 10.0 Å². The van der Waals surface area contributed by atoms with Gasteiger partial charge in [0.2, 0.25) is 0 Å². The summed E-state index contributed by atoms with van der Waals surface area (Å²) in [6.07, 6.45) is 0. The molecule has 0 bridgehead atoms. The lowest BCUT2D eigenvalue weighted by Gasteiger charge is -2.20. The van der Waals surface area contributed by atoms with Crippen LogP contribution in [0.15, 0.2) is 53.4 Å². The minimum Gasteiger partial charge on any atom is -0.478 e. The zero-order valence-electron chi connectivity index (χ0n) is 11.0. The van der Waals surface area contributed by atoms with Crippen molar-refractivity contribution in [2.45, 2.75) is 4.90 Å². The highest BCUT2D eigenvalue weighted by Crippen LogP contribution is 2.26. The maximum absolute atomic E-state index is 12.4. The molecule has 0 amide bonds. The Morgan fingerprint density at radius 2 is 1.76 bits per heavy atom. The average Bonchev–Trinajstić information content (AvgIpc) is 2.47. The van der Waals surface area contributed by atoms with Crippen LogP contribution in [0, 0.1) is 0 Å². The molecule has 110 valence electrons. The van der Waals surface area contributed by atoms with Gasteiger partial charge in [-0.1, -0.05) is 29.8 Å². The SMILES string of the molecule is CN(c1ccc(Cl)c(C(=O)O)c1)S(=O)(=O)c1ccccc1. The van der Waals surface area contributed by atoms with E-state index in [0.29, 0.717) is 0 Å². The number of sulfonamides is 1. The number of hydrogen-bond donors (Lipinski definition) is 1. The molecule has 0 saturated heterocycles. The van der Waals surface area contributed by atoms with Crippen molar-refractivity contribution in [2.24, 2.45) is 0 Å². The summed E-state index contributed by atoms with van der Waals surface area (Å²) >= 11 is 5.78. The molecular weight excluding hydrogens is 314 g/mol. The van der Waals surface area contributed by atoms with Crippen LogP contribution in [0.5, 0.6) is 0 Å². The summed E-state index contributed by atoms with van der Waals surface area (Å²) in [5.41, 5.74) is 0.0740. The number of hydrogen-bond acceptors (Lipinski definition) is 3. The molecule has 7 heteroatoms. The van der Waals surface area contributed by atoms with Crippen molar-refractivity contribution in [3.05, 3.63) is 59.1 Å². The van der Waals surface area contributed by atoms with E-state index in [9.17, 15) is 13.2 Å². The van der Waals surface area contributed by atoms with E-state index in [1.807, 2.05) is 0 Å². The second-order valence-corrected chi connectivity index (χ2v) is 6.63. The fourth-order valence-corrected chi connectivity index (χ4v) is 3.17. The van der Waals surface area contributed by atoms with Gasteiger partial charge >= 0.3 is 5.97 Å². The summed E-state index contributed by atoms with van der Waals surface area (Å²) in [6.45, 7) is 0. The van der Waals surface area contributed by atoms with E-state index in [4.69, 9.17) is 16.7 Å².